The molecule has 0 saturated carbocycles. The van der Waals surface area contributed by atoms with E-state index in [1.807, 2.05) is 0 Å². The highest BCUT2D eigenvalue weighted by atomic mass is 19.1. The average Bonchev–Trinajstić information content (AvgIpc) is 3.19. The van der Waals surface area contributed by atoms with E-state index in [0.29, 0.717) is 23.4 Å². The Kier molecular flexibility index (Phi) is 4.82. The molecular formula is C21H21F2N5O2. The molecule has 1 aromatic carbocycles. The number of piperidine rings is 2. The van der Waals surface area contributed by atoms with Crippen molar-refractivity contribution in [2.75, 3.05) is 0 Å². The van der Waals surface area contributed by atoms with Crippen molar-refractivity contribution in [2.24, 2.45) is 0 Å². The number of aromatic nitrogens is 4. The Hall–Kier alpha value is -3.07. The normalized spacial score (nSPS) is 25.8. The molecular weight excluding hydrogens is 392 g/mol. The van der Waals surface area contributed by atoms with Crippen molar-refractivity contribution in [1.82, 2.24) is 25.3 Å². The minimum atomic E-state index is -1.08. The van der Waals surface area contributed by atoms with Crippen LogP contribution >= 0.6 is 0 Å². The number of phenols is 1. The third-order valence-electron chi connectivity index (χ3n) is 5.76. The van der Waals surface area contributed by atoms with Crippen LogP contribution in [-0.2, 0) is 0 Å². The molecule has 0 unspecified atom stereocenters. The maximum absolute atomic E-state index is 14.7. The third-order valence-corrected chi connectivity index (χ3v) is 5.76. The van der Waals surface area contributed by atoms with Gasteiger partial charge in [-0.1, -0.05) is 6.42 Å². The van der Waals surface area contributed by atoms with Crippen LogP contribution in [-0.4, -0.2) is 49.4 Å². The van der Waals surface area contributed by atoms with Gasteiger partial charge in [0.2, 0.25) is 11.8 Å². The second-order valence-corrected chi connectivity index (χ2v) is 7.78. The fraction of sp³-hybridized carbons (Fsp3) is 0.381. The lowest BCUT2D eigenvalue weighted by Crippen LogP contribution is -2.59. The molecule has 4 heterocycles. The van der Waals surface area contributed by atoms with Crippen LogP contribution in [0.4, 0.5) is 8.78 Å². The molecule has 2 aliphatic heterocycles. The smallest absolute Gasteiger partial charge is 0.233 e. The number of phenolic OH excluding ortho intramolecular Hbond substituents is 1. The lowest BCUT2D eigenvalue weighted by molar-refractivity contribution is 0.00652. The number of nitrogens with one attached hydrogen (secondary N) is 1. The molecule has 0 radical (unpaired) electrons. The van der Waals surface area contributed by atoms with Gasteiger partial charge in [-0.15, -0.1) is 15.3 Å². The number of ether oxygens (including phenoxy) is 1. The van der Waals surface area contributed by atoms with Crippen molar-refractivity contribution in [3.63, 3.8) is 0 Å². The molecule has 2 fully saturated rings. The number of fused-ring (bicyclic) bond motifs is 2. The lowest BCUT2D eigenvalue weighted by atomic mass is 9.84. The molecule has 9 heteroatoms. The van der Waals surface area contributed by atoms with Gasteiger partial charge in [0, 0.05) is 48.5 Å². The maximum atomic E-state index is 14.7. The summed E-state index contributed by atoms with van der Waals surface area (Å²) in [7, 11) is 0. The summed E-state index contributed by atoms with van der Waals surface area (Å²) >= 11 is 0. The highest BCUT2D eigenvalue weighted by Crippen LogP contribution is 2.32. The highest BCUT2D eigenvalue weighted by molar-refractivity contribution is 5.68. The monoisotopic (exact) mass is 413 g/mol. The first-order chi connectivity index (χ1) is 14.6. The van der Waals surface area contributed by atoms with Crippen LogP contribution in [0.5, 0.6) is 11.6 Å². The summed E-state index contributed by atoms with van der Waals surface area (Å²) in [6, 6.07) is 9.46. The van der Waals surface area contributed by atoms with E-state index in [0.717, 1.165) is 19.3 Å². The van der Waals surface area contributed by atoms with E-state index in [1.54, 1.807) is 24.3 Å². The van der Waals surface area contributed by atoms with Crippen molar-refractivity contribution >= 4 is 0 Å². The van der Waals surface area contributed by atoms with Crippen molar-refractivity contribution in [3.05, 3.63) is 48.5 Å². The summed E-state index contributed by atoms with van der Waals surface area (Å²) in [5.74, 6) is -0.385. The molecule has 30 heavy (non-hydrogen) atoms. The molecule has 3 aromatic rings. The number of nitrogens with zero attached hydrogens (tertiary/aromatic N) is 4. The fourth-order valence-electron chi connectivity index (χ4n) is 4.28. The number of hydrogen-bond donors (Lipinski definition) is 2. The standard InChI is InChI=1S/C21H21F2N5O2/c22-19-8-9-28(27-19)13-4-5-14(17(29)11-13)15-6-7-20(26-25-15)30-18-10-12-2-1-3-16(24-12)21(18)23/h4-9,11-12,16,18,21,24,29H,1-3,10H2/t12-,16+,18-,21+/m0/s1. The highest BCUT2D eigenvalue weighted by Gasteiger charge is 2.41. The first-order valence-electron chi connectivity index (χ1n) is 10.0. The van der Waals surface area contributed by atoms with Crippen LogP contribution in [0.25, 0.3) is 16.9 Å². The average molecular weight is 413 g/mol. The Balaban J connectivity index is 1.31. The van der Waals surface area contributed by atoms with E-state index in [-0.39, 0.29) is 23.7 Å². The minimum Gasteiger partial charge on any atom is -0.507 e. The van der Waals surface area contributed by atoms with E-state index in [9.17, 15) is 13.9 Å². The second kappa shape index (κ2) is 7.64. The number of halogens is 2. The van der Waals surface area contributed by atoms with Gasteiger partial charge in [-0.2, -0.15) is 4.39 Å². The summed E-state index contributed by atoms with van der Waals surface area (Å²) in [5.41, 5.74) is 1.42. The molecule has 0 amide bonds. The largest absolute Gasteiger partial charge is 0.507 e. The first-order valence-corrected chi connectivity index (χ1v) is 10.0. The predicted molar refractivity (Wildman–Crippen MR) is 105 cm³/mol. The zero-order valence-corrected chi connectivity index (χ0v) is 16.1. The summed E-state index contributed by atoms with van der Waals surface area (Å²) in [4.78, 5) is 0. The van der Waals surface area contributed by atoms with Crippen LogP contribution in [0.2, 0.25) is 0 Å². The van der Waals surface area contributed by atoms with Crippen molar-refractivity contribution in [3.8, 4) is 28.6 Å². The van der Waals surface area contributed by atoms with Crippen molar-refractivity contribution in [2.45, 2.75) is 50.0 Å². The lowest BCUT2D eigenvalue weighted by Gasteiger charge is -2.42. The van der Waals surface area contributed by atoms with Gasteiger partial charge in [-0.25, -0.2) is 9.07 Å². The van der Waals surface area contributed by atoms with Gasteiger partial charge in [0.05, 0.1) is 11.4 Å². The Bertz CT molecular complexity index is 1040. The Morgan fingerprint density at radius 1 is 1.13 bits per heavy atom. The van der Waals surface area contributed by atoms with Crippen LogP contribution in [0.1, 0.15) is 25.7 Å². The minimum absolute atomic E-state index is 0.0404. The molecule has 5 rings (SSSR count). The van der Waals surface area contributed by atoms with Crippen molar-refractivity contribution in [1.29, 1.82) is 0 Å². The molecule has 156 valence electrons. The van der Waals surface area contributed by atoms with E-state index >= 15 is 0 Å². The Morgan fingerprint density at radius 2 is 2.03 bits per heavy atom. The molecule has 0 spiro atoms. The van der Waals surface area contributed by atoms with Gasteiger partial charge < -0.3 is 15.2 Å². The Labute approximate surface area is 171 Å². The van der Waals surface area contributed by atoms with Gasteiger partial charge in [0.1, 0.15) is 11.9 Å². The number of rotatable bonds is 4. The number of benzene rings is 1. The summed E-state index contributed by atoms with van der Waals surface area (Å²) in [6.07, 6.45) is 3.36. The van der Waals surface area contributed by atoms with E-state index in [1.165, 1.54) is 23.0 Å². The molecule has 4 atom stereocenters. The van der Waals surface area contributed by atoms with E-state index < -0.39 is 18.2 Å². The van der Waals surface area contributed by atoms with Crippen LogP contribution in [0.15, 0.2) is 42.6 Å². The molecule has 2 aromatic heterocycles. The molecule has 7 nitrogen and oxygen atoms in total. The zero-order valence-electron chi connectivity index (χ0n) is 16.1. The molecule has 2 saturated heterocycles. The number of hydrogen-bond acceptors (Lipinski definition) is 6. The van der Waals surface area contributed by atoms with Gasteiger partial charge in [0.15, 0.2) is 6.17 Å². The molecule has 0 aliphatic carbocycles. The van der Waals surface area contributed by atoms with Gasteiger partial charge in [0.25, 0.3) is 0 Å². The predicted octanol–water partition coefficient (Wildman–Crippen LogP) is 3.17. The van der Waals surface area contributed by atoms with E-state index in [4.69, 9.17) is 4.74 Å². The number of alkyl halides is 1. The van der Waals surface area contributed by atoms with Crippen LogP contribution < -0.4 is 10.1 Å². The SMILES string of the molecule is Oc1cc(-n2ccc(F)n2)ccc1-c1ccc(O[C@H]2C[C@@H]3CCC[C@@H](N3)[C@H]2F)nn1. The Morgan fingerprint density at radius 3 is 2.77 bits per heavy atom. The second-order valence-electron chi connectivity index (χ2n) is 7.78. The quantitative estimate of drug-likeness (QED) is 0.684. The van der Waals surface area contributed by atoms with Gasteiger partial charge >= 0.3 is 0 Å². The van der Waals surface area contributed by atoms with Crippen LogP contribution in [0.3, 0.4) is 0 Å². The zero-order chi connectivity index (χ0) is 20.7. The first kappa shape index (κ1) is 18.9. The fourth-order valence-corrected chi connectivity index (χ4v) is 4.28. The van der Waals surface area contributed by atoms with Crippen LogP contribution in [0, 0.1) is 5.95 Å². The third kappa shape index (κ3) is 3.60. The molecule has 2 bridgehead atoms. The summed E-state index contributed by atoms with van der Waals surface area (Å²) in [5, 5.41) is 25.6. The van der Waals surface area contributed by atoms with E-state index in [2.05, 4.69) is 20.6 Å². The van der Waals surface area contributed by atoms with Gasteiger partial charge in [-0.3, -0.25) is 0 Å². The number of aromatic hydroxyl groups is 1. The topological polar surface area (TPSA) is 85.1 Å². The van der Waals surface area contributed by atoms with Gasteiger partial charge in [-0.05, 0) is 31.0 Å². The maximum Gasteiger partial charge on any atom is 0.233 e. The summed E-state index contributed by atoms with van der Waals surface area (Å²) < 4.78 is 34.9. The summed E-state index contributed by atoms with van der Waals surface area (Å²) in [6.45, 7) is 0. The molecule has 2 aliphatic rings. The molecule has 2 N–H and O–H groups in total. The van der Waals surface area contributed by atoms with Crippen molar-refractivity contribution < 1.29 is 18.6 Å².